The van der Waals surface area contributed by atoms with Crippen LogP contribution < -0.4 is 10.4 Å². The van der Waals surface area contributed by atoms with Crippen molar-refractivity contribution in [3.05, 3.63) is 51.4 Å². The van der Waals surface area contributed by atoms with Crippen LogP contribution in [-0.4, -0.2) is 45.8 Å². The minimum Gasteiger partial charge on any atom is -0.497 e. The molecule has 1 atom stereocenters. The highest BCUT2D eigenvalue weighted by atomic mass is 16.5. The Bertz CT molecular complexity index is 1260. The van der Waals surface area contributed by atoms with E-state index in [9.17, 15) is 9.59 Å². The smallest absolute Gasteiger partial charge is 0.339 e. The molecular formula is C26H32N4O4. The van der Waals surface area contributed by atoms with Gasteiger partial charge in [-0.05, 0) is 56.7 Å². The molecule has 180 valence electrons. The van der Waals surface area contributed by atoms with Gasteiger partial charge in [-0.2, -0.15) is 0 Å². The first kappa shape index (κ1) is 22.6. The Morgan fingerprint density at radius 1 is 1.18 bits per heavy atom. The Morgan fingerprint density at radius 2 is 2.06 bits per heavy atom. The Balaban J connectivity index is 1.28. The minimum atomic E-state index is -0.381. The number of aromatic nitrogens is 3. The van der Waals surface area contributed by atoms with E-state index in [1.807, 2.05) is 24.0 Å². The normalized spacial score (nSPS) is 18.5. The number of fused-ring (bicyclic) bond motifs is 2. The van der Waals surface area contributed by atoms with Crippen molar-refractivity contribution in [3.63, 3.8) is 0 Å². The molecule has 0 bridgehead atoms. The van der Waals surface area contributed by atoms with Crippen LogP contribution in [0.1, 0.15) is 67.2 Å². The topological polar surface area (TPSA) is 90.5 Å². The van der Waals surface area contributed by atoms with Gasteiger partial charge in [-0.25, -0.2) is 4.79 Å². The van der Waals surface area contributed by atoms with Gasteiger partial charge >= 0.3 is 5.63 Å². The highest BCUT2D eigenvalue weighted by molar-refractivity contribution is 5.82. The second-order valence-electron chi connectivity index (χ2n) is 9.47. The number of carbonyl (C=O) groups excluding carboxylic acids is 1. The SMILES string of the molecule is COc1ccc2c(C)c(CCC(=O)N3CCCC(c4nnc5n4CCCCC5)C3)c(=O)oc2c1. The highest BCUT2D eigenvalue weighted by Crippen LogP contribution is 2.29. The van der Waals surface area contributed by atoms with Gasteiger partial charge in [0.1, 0.15) is 23.0 Å². The van der Waals surface area contributed by atoms with E-state index >= 15 is 0 Å². The molecule has 0 N–H and O–H groups in total. The van der Waals surface area contributed by atoms with Gasteiger partial charge in [0, 0.05) is 55.4 Å². The number of piperidine rings is 1. The van der Waals surface area contributed by atoms with Crippen LogP contribution in [0, 0.1) is 6.92 Å². The van der Waals surface area contributed by atoms with Crippen molar-refractivity contribution in [1.29, 1.82) is 0 Å². The summed E-state index contributed by atoms with van der Waals surface area (Å²) in [7, 11) is 1.58. The zero-order valence-corrected chi connectivity index (χ0v) is 20.0. The molecule has 1 fully saturated rings. The second-order valence-corrected chi connectivity index (χ2v) is 9.47. The van der Waals surface area contributed by atoms with Gasteiger partial charge in [-0.15, -0.1) is 10.2 Å². The number of likely N-dealkylation sites (tertiary alicyclic amines) is 1. The summed E-state index contributed by atoms with van der Waals surface area (Å²) < 4.78 is 13.1. The Kier molecular flexibility index (Phi) is 6.39. The summed E-state index contributed by atoms with van der Waals surface area (Å²) in [5.41, 5.74) is 1.56. The fourth-order valence-corrected chi connectivity index (χ4v) is 5.40. The van der Waals surface area contributed by atoms with Crippen LogP contribution in [0.25, 0.3) is 11.0 Å². The number of hydrogen-bond acceptors (Lipinski definition) is 6. The zero-order chi connectivity index (χ0) is 23.7. The maximum atomic E-state index is 13.1. The molecule has 1 unspecified atom stereocenters. The van der Waals surface area contributed by atoms with Gasteiger partial charge in [0.25, 0.3) is 0 Å². The van der Waals surface area contributed by atoms with Gasteiger partial charge in [0.05, 0.1) is 7.11 Å². The molecule has 0 aliphatic carbocycles. The molecule has 0 radical (unpaired) electrons. The lowest BCUT2D eigenvalue weighted by atomic mass is 9.96. The third-order valence-electron chi connectivity index (χ3n) is 7.36. The Hall–Kier alpha value is -3.16. The molecule has 3 aromatic rings. The van der Waals surface area contributed by atoms with E-state index in [0.29, 0.717) is 29.9 Å². The van der Waals surface area contributed by atoms with E-state index in [1.54, 1.807) is 13.2 Å². The van der Waals surface area contributed by atoms with E-state index < -0.39 is 0 Å². The largest absolute Gasteiger partial charge is 0.497 e. The predicted octanol–water partition coefficient (Wildman–Crippen LogP) is 3.77. The van der Waals surface area contributed by atoms with Crippen molar-refractivity contribution >= 4 is 16.9 Å². The molecule has 1 aromatic carbocycles. The molecule has 2 aliphatic rings. The van der Waals surface area contributed by atoms with Crippen molar-refractivity contribution < 1.29 is 13.9 Å². The van der Waals surface area contributed by atoms with Gasteiger partial charge in [0.2, 0.25) is 5.91 Å². The number of hydrogen-bond donors (Lipinski definition) is 0. The quantitative estimate of drug-likeness (QED) is 0.534. The summed E-state index contributed by atoms with van der Waals surface area (Å²) in [6.45, 7) is 4.31. The van der Waals surface area contributed by atoms with Crippen LogP contribution in [-0.2, 0) is 24.2 Å². The number of carbonyl (C=O) groups is 1. The molecule has 2 aromatic heterocycles. The highest BCUT2D eigenvalue weighted by Gasteiger charge is 2.29. The number of nitrogens with zero attached hydrogens (tertiary/aromatic N) is 4. The first-order valence-corrected chi connectivity index (χ1v) is 12.3. The maximum Gasteiger partial charge on any atom is 0.339 e. The summed E-state index contributed by atoms with van der Waals surface area (Å²) in [5, 5.41) is 9.85. The summed E-state index contributed by atoms with van der Waals surface area (Å²) in [6.07, 6.45) is 7.19. The molecule has 1 amide bonds. The third-order valence-corrected chi connectivity index (χ3v) is 7.36. The first-order chi connectivity index (χ1) is 16.5. The predicted molar refractivity (Wildman–Crippen MR) is 128 cm³/mol. The number of benzene rings is 1. The van der Waals surface area contributed by atoms with Crippen molar-refractivity contribution in [2.24, 2.45) is 0 Å². The van der Waals surface area contributed by atoms with Gasteiger partial charge in [-0.3, -0.25) is 4.79 Å². The fourth-order valence-electron chi connectivity index (χ4n) is 5.40. The van der Waals surface area contributed by atoms with E-state index in [0.717, 1.165) is 61.4 Å². The van der Waals surface area contributed by atoms with Crippen LogP contribution >= 0.6 is 0 Å². The lowest BCUT2D eigenvalue weighted by Crippen LogP contribution is -2.40. The van der Waals surface area contributed by atoms with Crippen molar-refractivity contribution in [2.75, 3.05) is 20.2 Å². The molecule has 8 nitrogen and oxygen atoms in total. The van der Waals surface area contributed by atoms with Crippen LogP contribution in [0.3, 0.4) is 0 Å². The molecule has 0 saturated carbocycles. The maximum absolute atomic E-state index is 13.1. The Morgan fingerprint density at radius 3 is 2.91 bits per heavy atom. The van der Waals surface area contributed by atoms with Crippen LogP contribution in [0.15, 0.2) is 27.4 Å². The lowest BCUT2D eigenvalue weighted by molar-refractivity contribution is -0.132. The molecular weight excluding hydrogens is 432 g/mol. The number of ether oxygens (including phenoxy) is 1. The summed E-state index contributed by atoms with van der Waals surface area (Å²) in [5.74, 6) is 3.07. The van der Waals surface area contributed by atoms with Crippen molar-refractivity contribution in [3.8, 4) is 5.75 Å². The number of rotatable bonds is 5. The molecule has 8 heteroatoms. The van der Waals surface area contributed by atoms with E-state index in [4.69, 9.17) is 9.15 Å². The van der Waals surface area contributed by atoms with E-state index in [2.05, 4.69) is 14.8 Å². The Labute approximate surface area is 198 Å². The van der Waals surface area contributed by atoms with Gasteiger partial charge < -0.3 is 18.6 Å². The summed E-state index contributed by atoms with van der Waals surface area (Å²) in [6, 6.07) is 5.47. The fraction of sp³-hybridized carbons (Fsp3) is 0.538. The van der Waals surface area contributed by atoms with Crippen LogP contribution in [0.4, 0.5) is 0 Å². The molecule has 0 spiro atoms. The number of aryl methyl sites for hydroxylation is 2. The van der Waals surface area contributed by atoms with E-state index in [-0.39, 0.29) is 23.9 Å². The van der Waals surface area contributed by atoms with Crippen molar-refractivity contribution in [1.82, 2.24) is 19.7 Å². The number of amides is 1. The summed E-state index contributed by atoms with van der Waals surface area (Å²) in [4.78, 5) is 27.7. The van der Waals surface area contributed by atoms with Crippen LogP contribution in [0.5, 0.6) is 5.75 Å². The summed E-state index contributed by atoms with van der Waals surface area (Å²) >= 11 is 0. The van der Waals surface area contributed by atoms with Gasteiger partial charge in [-0.1, -0.05) is 6.42 Å². The standard InChI is InChI=1S/C26H32N4O4/c1-17-20-10-9-19(33-2)15-22(20)34-26(32)21(17)11-12-24(31)29-13-6-7-18(16-29)25-28-27-23-8-4-3-5-14-30(23)25/h9-10,15,18H,3-8,11-14,16H2,1-2H3. The lowest BCUT2D eigenvalue weighted by Gasteiger charge is -2.32. The molecule has 5 rings (SSSR count). The monoisotopic (exact) mass is 464 g/mol. The zero-order valence-electron chi connectivity index (χ0n) is 20.0. The molecule has 4 heterocycles. The van der Waals surface area contributed by atoms with Crippen molar-refractivity contribution in [2.45, 2.75) is 70.8 Å². The molecule has 1 saturated heterocycles. The first-order valence-electron chi connectivity index (χ1n) is 12.3. The van der Waals surface area contributed by atoms with Gasteiger partial charge in [0.15, 0.2) is 0 Å². The minimum absolute atomic E-state index is 0.0777. The molecule has 2 aliphatic heterocycles. The average Bonchev–Trinajstić information content (AvgIpc) is 3.11. The average molecular weight is 465 g/mol. The van der Waals surface area contributed by atoms with Crippen LogP contribution in [0.2, 0.25) is 0 Å². The van der Waals surface area contributed by atoms with E-state index in [1.165, 1.54) is 12.8 Å². The third kappa shape index (κ3) is 4.33. The number of methoxy groups -OCH3 is 1. The second kappa shape index (κ2) is 9.60. The molecule has 34 heavy (non-hydrogen) atoms.